The van der Waals surface area contributed by atoms with Crippen molar-refractivity contribution in [3.63, 3.8) is 0 Å². The lowest BCUT2D eigenvalue weighted by Crippen LogP contribution is -2.41. The van der Waals surface area contributed by atoms with Crippen molar-refractivity contribution in [2.45, 2.75) is 18.3 Å². The fourth-order valence-corrected chi connectivity index (χ4v) is 4.06. The fourth-order valence-electron chi connectivity index (χ4n) is 3.74. The van der Waals surface area contributed by atoms with E-state index in [0.29, 0.717) is 5.82 Å². The highest BCUT2D eigenvalue weighted by atomic mass is 35.5. The molecule has 132 valence electrons. The Balaban J connectivity index is 1.83. The van der Waals surface area contributed by atoms with Gasteiger partial charge in [0.25, 0.3) is 0 Å². The van der Waals surface area contributed by atoms with Crippen molar-refractivity contribution in [2.24, 2.45) is 0 Å². The van der Waals surface area contributed by atoms with Crippen LogP contribution >= 0.6 is 11.6 Å². The molecular weight excluding hydrogens is 346 g/mol. The first-order chi connectivity index (χ1) is 12.7. The summed E-state index contributed by atoms with van der Waals surface area (Å²) in [6.45, 7) is 1.84. The van der Waals surface area contributed by atoms with E-state index in [1.807, 2.05) is 42.6 Å². The van der Waals surface area contributed by atoms with Crippen LogP contribution in [-0.4, -0.2) is 28.2 Å². The second-order valence-corrected chi connectivity index (χ2v) is 7.03. The Kier molecular flexibility index (Phi) is 4.62. The van der Waals surface area contributed by atoms with Crippen molar-refractivity contribution in [3.8, 4) is 17.1 Å². The van der Waals surface area contributed by atoms with Crippen LogP contribution in [0.3, 0.4) is 0 Å². The van der Waals surface area contributed by atoms with Gasteiger partial charge in [0.05, 0.1) is 5.69 Å². The van der Waals surface area contributed by atoms with Gasteiger partial charge in [-0.25, -0.2) is 9.97 Å². The number of nitrogens with one attached hydrogen (secondary N) is 1. The normalized spacial score (nSPS) is 16.3. The number of rotatable bonds is 3. The number of nitrogens with zero attached hydrogens (tertiary/aromatic N) is 2. The van der Waals surface area contributed by atoms with Crippen LogP contribution in [0.5, 0.6) is 5.75 Å². The van der Waals surface area contributed by atoms with Gasteiger partial charge in [-0.15, -0.1) is 0 Å². The number of piperidine rings is 1. The van der Waals surface area contributed by atoms with Crippen LogP contribution in [0.2, 0.25) is 5.02 Å². The van der Waals surface area contributed by atoms with Gasteiger partial charge in [0.1, 0.15) is 5.75 Å². The molecule has 0 unspecified atom stereocenters. The standard InChI is InChI=1S/C21H20ClN3O/c22-18-4-2-1-3-17(18)21(10-13-23-14-11-21)19-9-12-24-20(25-19)15-5-7-16(26)8-6-15/h1-9,12,23,26H,10-11,13-14H2. The number of phenolic OH excluding ortho intramolecular Hbond substituents is 1. The summed E-state index contributed by atoms with van der Waals surface area (Å²) in [5, 5.41) is 13.7. The van der Waals surface area contributed by atoms with Crippen molar-refractivity contribution >= 4 is 11.6 Å². The molecule has 4 rings (SSSR count). The Hall–Kier alpha value is -2.43. The van der Waals surface area contributed by atoms with Crippen molar-refractivity contribution in [3.05, 3.63) is 77.1 Å². The smallest absolute Gasteiger partial charge is 0.159 e. The number of hydrogen-bond acceptors (Lipinski definition) is 4. The first kappa shape index (κ1) is 17.0. The van der Waals surface area contributed by atoms with E-state index in [1.165, 1.54) is 0 Å². The number of benzene rings is 2. The van der Waals surface area contributed by atoms with E-state index in [-0.39, 0.29) is 11.2 Å². The maximum Gasteiger partial charge on any atom is 0.159 e. The first-order valence-corrected chi connectivity index (χ1v) is 9.15. The Labute approximate surface area is 157 Å². The molecule has 0 saturated carbocycles. The summed E-state index contributed by atoms with van der Waals surface area (Å²) >= 11 is 6.58. The van der Waals surface area contributed by atoms with Gasteiger partial charge in [-0.2, -0.15) is 0 Å². The van der Waals surface area contributed by atoms with E-state index < -0.39 is 0 Å². The van der Waals surface area contributed by atoms with Crippen LogP contribution < -0.4 is 5.32 Å². The molecule has 4 nitrogen and oxygen atoms in total. The lowest BCUT2D eigenvalue weighted by atomic mass is 9.70. The molecule has 3 aromatic rings. The van der Waals surface area contributed by atoms with Gasteiger partial charge < -0.3 is 10.4 Å². The van der Waals surface area contributed by atoms with Gasteiger partial charge in [0.15, 0.2) is 5.82 Å². The van der Waals surface area contributed by atoms with E-state index >= 15 is 0 Å². The molecule has 2 heterocycles. The quantitative estimate of drug-likeness (QED) is 0.731. The van der Waals surface area contributed by atoms with Crippen molar-refractivity contribution in [2.75, 3.05) is 13.1 Å². The highest BCUT2D eigenvalue weighted by Crippen LogP contribution is 2.42. The van der Waals surface area contributed by atoms with Gasteiger partial charge in [-0.1, -0.05) is 29.8 Å². The topological polar surface area (TPSA) is 58.0 Å². The molecule has 26 heavy (non-hydrogen) atoms. The van der Waals surface area contributed by atoms with Crippen molar-refractivity contribution in [1.29, 1.82) is 0 Å². The number of aromatic nitrogens is 2. The second-order valence-electron chi connectivity index (χ2n) is 6.62. The molecule has 1 fully saturated rings. The third kappa shape index (κ3) is 3.06. The van der Waals surface area contributed by atoms with E-state index in [9.17, 15) is 5.11 Å². The van der Waals surface area contributed by atoms with Gasteiger partial charge in [-0.3, -0.25) is 0 Å². The lowest BCUT2D eigenvalue weighted by molar-refractivity contribution is 0.354. The second kappa shape index (κ2) is 7.06. The molecule has 2 aromatic carbocycles. The number of halogens is 1. The third-order valence-electron chi connectivity index (χ3n) is 5.12. The molecule has 1 aliphatic rings. The van der Waals surface area contributed by atoms with Crippen LogP contribution in [0.25, 0.3) is 11.4 Å². The maximum atomic E-state index is 9.52. The average molecular weight is 366 g/mol. The van der Waals surface area contributed by atoms with Gasteiger partial charge in [0.2, 0.25) is 0 Å². The zero-order chi connectivity index (χ0) is 18.0. The minimum Gasteiger partial charge on any atom is -0.508 e. The molecule has 0 bridgehead atoms. The number of aromatic hydroxyl groups is 1. The van der Waals surface area contributed by atoms with E-state index in [4.69, 9.17) is 16.6 Å². The van der Waals surface area contributed by atoms with Crippen LogP contribution in [0.4, 0.5) is 0 Å². The van der Waals surface area contributed by atoms with Gasteiger partial charge >= 0.3 is 0 Å². The zero-order valence-electron chi connectivity index (χ0n) is 14.3. The third-order valence-corrected chi connectivity index (χ3v) is 5.45. The largest absolute Gasteiger partial charge is 0.508 e. The summed E-state index contributed by atoms with van der Waals surface area (Å²) in [6.07, 6.45) is 3.68. The molecule has 1 saturated heterocycles. The van der Waals surface area contributed by atoms with E-state index in [2.05, 4.69) is 16.4 Å². The predicted octanol–water partition coefficient (Wildman–Crippen LogP) is 4.17. The number of phenols is 1. The van der Waals surface area contributed by atoms with Crippen LogP contribution in [-0.2, 0) is 5.41 Å². The molecule has 0 radical (unpaired) electrons. The minimum absolute atomic E-state index is 0.224. The summed E-state index contributed by atoms with van der Waals surface area (Å²) in [4.78, 5) is 9.35. The average Bonchev–Trinajstić information content (AvgIpc) is 2.69. The summed E-state index contributed by atoms with van der Waals surface area (Å²) < 4.78 is 0. The summed E-state index contributed by atoms with van der Waals surface area (Å²) in [7, 11) is 0. The molecule has 1 aliphatic heterocycles. The highest BCUT2D eigenvalue weighted by molar-refractivity contribution is 6.31. The molecule has 5 heteroatoms. The summed E-state index contributed by atoms with van der Waals surface area (Å²) in [5.41, 5.74) is 2.77. The molecule has 0 atom stereocenters. The molecule has 0 spiro atoms. The predicted molar refractivity (Wildman–Crippen MR) is 103 cm³/mol. The Morgan fingerprint density at radius 3 is 2.42 bits per heavy atom. The lowest BCUT2D eigenvalue weighted by Gasteiger charge is -2.38. The summed E-state index contributed by atoms with van der Waals surface area (Å²) in [5.74, 6) is 0.892. The maximum absolute atomic E-state index is 9.52. The van der Waals surface area contributed by atoms with Crippen molar-refractivity contribution in [1.82, 2.24) is 15.3 Å². The van der Waals surface area contributed by atoms with Crippen LogP contribution in [0.1, 0.15) is 24.1 Å². The zero-order valence-corrected chi connectivity index (χ0v) is 15.1. The molecule has 0 amide bonds. The Morgan fingerprint density at radius 1 is 0.962 bits per heavy atom. The van der Waals surface area contributed by atoms with Gasteiger partial charge in [-0.05, 0) is 67.9 Å². The fraction of sp³-hybridized carbons (Fsp3) is 0.238. The summed E-state index contributed by atoms with van der Waals surface area (Å²) in [6, 6.07) is 17.0. The Bertz CT molecular complexity index is 905. The van der Waals surface area contributed by atoms with E-state index in [0.717, 1.165) is 47.8 Å². The minimum atomic E-state index is -0.224. The monoisotopic (exact) mass is 365 g/mol. The van der Waals surface area contributed by atoms with Gasteiger partial charge in [0, 0.05) is 22.2 Å². The molecule has 1 aromatic heterocycles. The molecule has 0 aliphatic carbocycles. The van der Waals surface area contributed by atoms with E-state index in [1.54, 1.807) is 12.1 Å². The highest BCUT2D eigenvalue weighted by Gasteiger charge is 2.38. The Morgan fingerprint density at radius 2 is 1.69 bits per heavy atom. The van der Waals surface area contributed by atoms with Crippen molar-refractivity contribution < 1.29 is 5.11 Å². The van der Waals surface area contributed by atoms with Crippen LogP contribution in [0, 0.1) is 0 Å². The SMILES string of the molecule is Oc1ccc(-c2nccc(C3(c4ccccc4Cl)CCNCC3)n2)cc1. The van der Waals surface area contributed by atoms with Crippen LogP contribution in [0.15, 0.2) is 60.8 Å². The molecule has 2 N–H and O–H groups in total. The first-order valence-electron chi connectivity index (χ1n) is 8.78. The molecular formula is C21H20ClN3O. The number of hydrogen-bond donors (Lipinski definition) is 2.